The Bertz CT molecular complexity index is 473. The Hall–Kier alpha value is -1.73. The van der Waals surface area contributed by atoms with Crippen molar-refractivity contribution < 1.29 is 9.53 Å². The van der Waals surface area contributed by atoms with Crippen LogP contribution in [0.3, 0.4) is 0 Å². The molecule has 0 spiro atoms. The minimum Gasteiger partial charge on any atom is -0.379 e. The van der Waals surface area contributed by atoms with Crippen LogP contribution in [0.5, 0.6) is 0 Å². The van der Waals surface area contributed by atoms with Crippen LogP contribution < -0.4 is 10.2 Å². The van der Waals surface area contributed by atoms with Crippen LogP contribution in [0.4, 0.5) is 5.95 Å². The van der Waals surface area contributed by atoms with Gasteiger partial charge in [-0.05, 0) is 19.9 Å². The molecule has 1 aromatic heterocycles. The third-order valence-corrected chi connectivity index (χ3v) is 3.74. The highest BCUT2D eigenvalue weighted by Crippen LogP contribution is 2.07. The number of hydrogen-bond acceptors (Lipinski definition) is 6. The third kappa shape index (κ3) is 4.64. The molecule has 7 heteroatoms. The largest absolute Gasteiger partial charge is 0.379 e. The van der Waals surface area contributed by atoms with E-state index in [1.54, 1.807) is 12.3 Å². The number of carbonyl (C=O) groups is 1. The average Bonchev–Trinajstić information content (AvgIpc) is 2.57. The van der Waals surface area contributed by atoms with E-state index in [0.717, 1.165) is 45.9 Å². The molecule has 22 heavy (non-hydrogen) atoms. The molecule has 1 amide bonds. The molecule has 1 saturated heterocycles. The van der Waals surface area contributed by atoms with E-state index in [4.69, 9.17) is 4.74 Å². The van der Waals surface area contributed by atoms with Gasteiger partial charge in [0.2, 0.25) is 5.95 Å². The molecule has 1 aliphatic heterocycles. The molecular formula is C15H25N5O2. The number of nitrogens with one attached hydrogen (secondary N) is 1. The lowest BCUT2D eigenvalue weighted by molar-refractivity contribution is 0.0383. The number of morpholine rings is 1. The number of aromatic nitrogens is 2. The lowest BCUT2D eigenvalue weighted by atomic mass is 10.3. The highest BCUT2D eigenvalue weighted by atomic mass is 16.5. The summed E-state index contributed by atoms with van der Waals surface area (Å²) in [6.45, 7) is 10.6. The molecule has 2 rings (SSSR count). The topological polar surface area (TPSA) is 70.6 Å². The second-order valence-electron chi connectivity index (χ2n) is 5.12. The highest BCUT2D eigenvalue weighted by Gasteiger charge is 2.13. The van der Waals surface area contributed by atoms with Gasteiger partial charge in [0.05, 0.1) is 13.2 Å². The maximum atomic E-state index is 12.2. The quantitative estimate of drug-likeness (QED) is 0.785. The molecule has 1 aliphatic rings. The van der Waals surface area contributed by atoms with E-state index >= 15 is 0 Å². The molecule has 0 radical (unpaired) electrons. The second-order valence-corrected chi connectivity index (χ2v) is 5.12. The molecule has 1 fully saturated rings. The van der Waals surface area contributed by atoms with E-state index in [0.29, 0.717) is 18.2 Å². The fourth-order valence-electron chi connectivity index (χ4n) is 2.38. The summed E-state index contributed by atoms with van der Waals surface area (Å²) in [7, 11) is 0. The standard InChI is InChI=1S/C15H25N5O2/c1-3-20(4-2)15-17-6-5-13(18-15)14(21)16-7-8-19-9-11-22-12-10-19/h5-6H,3-4,7-12H2,1-2H3,(H,16,21). The summed E-state index contributed by atoms with van der Waals surface area (Å²) in [4.78, 5) is 25.1. The van der Waals surface area contributed by atoms with Crippen molar-refractivity contribution in [3.8, 4) is 0 Å². The number of ether oxygens (including phenoxy) is 1. The minimum absolute atomic E-state index is 0.149. The Morgan fingerprint density at radius 3 is 2.77 bits per heavy atom. The molecule has 0 saturated carbocycles. The Labute approximate surface area is 131 Å². The van der Waals surface area contributed by atoms with Gasteiger partial charge in [0.15, 0.2) is 0 Å². The summed E-state index contributed by atoms with van der Waals surface area (Å²) in [5.74, 6) is 0.454. The number of carbonyl (C=O) groups excluding carboxylic acids is 1. The fourth-order valence-corrected chi connectivity index (χ4v) is 2.38. The van der Waals surface area contributed by atoms with E-state index < -0.39 is 0 Å². The highest BCUT2D eigenvalue weighted by molar-refractivity contribution is 5.92. The molecular weight excluding hydrogens is 282 g/mol. The van der Waals surface area contributed by atoms with Crippen LogP contribution in [0, 0.1) is 0 Å². The first kappa shape index (κ1) is 16.6. The SMILES string of the molecule is CCN(CC)c1nccc(C(=O)NCCN2CCOCC2)n1. The summed E-state index contributed by atoms with van der Waals surface area (Å²) in [6, 6.07) is 1.65. The Morgan fingerprint density at radius 1 is 1.36 bits per heavy atom. The molecule has 122 valence electrons. The predicted octanol–water partition coefficient (Wildman–Crippen LogP) is 0.385. The first-order valence-electron chi connectivity index (χ1n) is 7.91. The molecule has 0 aliphatic carbocycles. The Balaban J connectivity index is 1.85. The van der Waals surface area contributed by atoms with Gasteiger partial charge in [0.25, 0.3) is 5.91 Å². The van der Waals surface area contributed by atoms with Crippen molar-refractivity contribution >= 4 is 11.9 Å². The summed E-state index contributed by atoms with van der Waals surface area (Å²) >= 11 is 0. The van der Waals surface area contributed by atoms with Crippen molar-refractivity contribution in [3.05, 3.63) is 18.0 Å². The monoisotopic (exact) mass is 307 g/mol. The summed E-state index contributed by atoms with van der Waals surface area (Å²) < 4.78 is 5.30. The van der Waals surface area contributed by atoms with Crippen LogP contribution in [0.25, 0.3) is 0 Å². The van der Waals surface area contributed by atoms with Gasteiger partial charge in [-0.1, -0.05) is 0 Å². The molecule has 7 nitrogen and oxygen atoms in total. The van der Waals surface area contributed by atoms with Crippen LogP contribution >= 0.6 is 0 Å². The maximum Gasteiger partial charge on any atom is 0.270 e. The Morgan fingerprint density at radius 2 is 2.09 bits per heavy atom. The van der Waals surface area contributed by atoms with Gasteiger partial charge in [-0.3, -0.25) is 9.69 Å². The molecule has 1 aromatic rings. The molecule has 0 bridgehead atoms. The van der Waals surface area contributed by atoms with Crippen molar-refractivity contribution in [1.29, 1.82) is 0 Å². The van der Waals surface area contributed by atoms with Gasteiger partial charge in [0, 0.05) is 45.5 Å². The van der Waals surface area contributed by atoms with Gasteiger partial charge in [0.1, 0.15) is 5.69 Å². The van der Waals surface area contributed by atoms with Crippen molar-refractivity contribution in [2.45, 2.75) is 13.8 Å². The number of anilines is 1. The van der Waals surface area contributed by atoms with Gasteiger partial charge in [-0.2, -0.15) is 0 Å². The predicted molar refractivity (Wildman–Crippen MR) is 85.2 cm³/mol. The molecule has 0 unspecified atom stereocenters. The van der Waals surface area contributed by atoms with Crippen LogP contribution in [0.15, 0.2) is 12.3 Å². The van der Waals surface area contributed by atoms with Crippen molar-refractivity contribution in [2.24, 2.45) is 0 Å². The van der Waals surface area contributed by atoms with Crippen LogP contribution in [-0.4, -0.2) is 73.3 Å². The fraction of sp³-hybridized carbons (Fsp3) is 0.667. The molecule has 2 heterocycles. The summed E-state index contributed by atoms with van der Waals surface area (Å²) in [5.41, 5.74) is 0.416. The van der Waals surface area contributed by atoms with Crippen LogP contribution in [-0.2, 0) is 4.74 Å². The first-order valence-corrected chi connectivity index (χ1v) is 7.91. The zero-order chi connectivity index (χ0) is 15.8. The van der Waals surface area contributed by atoms with Crippen molar-refractivity contribution in [2.75, 3.05) is 57.4 Å². The minimum atomic E-state index is -0.149. The van der Waals surface area contributed by atoms with E-state index in [2.05, 4.69) is 20.2 Å². The number of nitrogens with zero attached hydrogens (tertiary/aromatic N) is 4. The smallest absolute Gasteiger partial charge is 0.270 e. The molecule has 1 N–H and O–H groups in total. The van der Waals surface area contributed by atoms with Crippen LogP contribution in [0.1, 0.15) is 24.3 Å². The summed E-state index contributed by atoms with van der Waals surface area (Å²) in [6.07, 6.45) is 1.64. The van der Waals surface area contributed by atoms with Crippen molar-refractivity contribution in [1.82, 2.24) is 20.2 Å². The lowest BCUT2D eigenvalue weighted by Gasteiger charge is -2.26. The van der Waals surface area contributed by atoms with E-state index in [-0.39, 0.29) is 5.91 Å². The van der Waals surface area contributed by atoms with Gasteiger partial charge < -0.3 is 15.0 Å². The lowest BCUT2D eigenvalue weighted by Crippen LogP contribution is -2.41. The van der Waals surface area contributed by atoms with Gasteiger partial charge in [-0.15, -0.1) is 0 Å². The van der Waals surface area contributed by atoms with E-state index in [1.807, 2.05) is 18.7 Å². The average molecular weight is 307 g/mol. The molecule has 0 aromatic carbocycles. The van der Waals surface area contributed by atoms with Gasteiger partial charge >= 0.3 is 0 Å². The summed E-state index contributed by atoms with van der Waals surface area (Å²) in [5, 5.41) is 2.92. The van der Waals surface area contributed by atoms with Gasteiger partial charge in [-0.25, -0.2) is 9.97 Å². The second kappa shape index (κ2) is 8.65. The number of hydrogen-bond donors (Lipinski definition) is 1. The van der Waals surface area contributed by atoms with Crippen molar-refractivity contribution in [3.63, 3.8) is 0 Å². The molecule has 0 atom stereocenters. The number of amides is 1. The normalized spacial score (nSPS) is 15.5. The van der Waals surface area contributed by atoms with E-state index in [1.165, 1.54) is 0 Å². The zero-order valence-corrected chi connectivity index (χ0v) is 13.4. The van der Waals surface area contributed by atoms with Crippen LogP contribution in [0.2, 0.25) is 0 Å². The number of rotatable bonds is 7. The first-order chi connectivity index (χ1) is 10.7. The maximum absolute atomic E-state index is 12.2. The van der Waals surface area contributed by atoms with E-state index in [9.17, 15) is 4.79 Å². The Kier molecular flexibility index (Phi) is 6.54. The third-order valence-electron chi connectivity index (χ3n) is 3.74. The zero-order valence-electron chi connectivity index (χ0n) is 13.4.